The summed E-state index contributed by atoms with van der Waals surface area (Å²) in [6.45, 7) is 4.07. The Hall–Kier alpha value is -0.330. The molecule has 2 N–H and O–H groups in total. The molecule has 0 bridgehead atoms. The van der Waals surface area contributed by atoms with Gasteiger partial charge in [-0.25, -0.2) is 4.98 Å². The number of rotatable bonds is 4. The van der Waals surface area contributed by atoms with E-state index in [2.05, 4.69) is 49.9 Å². The third-order valence-corrected chi connectivity index (χ3v) is 5.30. The fourth-order valence-corrected chi connectivity index (χ4v) is 3.46. The van der Waals surface area contributed by atoms with E-state index in [-0.39, 0.29) is 37.0 Å². The van der Waals surface area contributed by atoms with Crippen molar-refractivity contribution < 1.29 is 5.11 Å². The van der Waals surface area contributed by atoms with Crippen molar-refractivity contribution >= 4 is 51.8 Å². The van der Waals surface area contributed by atoms with E-state index in [1.807, 2.05) is 6.33 Å². The number of imidazole rings is 1. The zero-order chi connectivity index (χ0) is 14.8. The number of aliphatic hydroxyl groups is 1. The number of nitrogens with one attached hydrogen (secondary N) is 1. The third kappa shape index (κ3) is 4.60. The summed E-state index contributed by atoms with van der Waals surface area (Å²) in [6, 6.07) is 4.46. The van der Waals surface area contributed by atoms with Crippen LogP contribution < -0.4 is 5.32 Å². The SMILES string of the molecule is Cc1c(Br)ccc2c1ncn2CCC[C@H]1NCCC[C@@H]1O.Cl.Cl. The molecule has 2 atom stereocenters. The van der Waals surface area contributed by atoms with Crippen LogP contribution in [0.25, 0.3) is 11.0 Å². The van der Waals surface area contributed by atoms with Gasteiger partial charge in [0, 0.05) is 17.1 Å². The van der Waals surface area contributed by atoms with Gasteiger partial charge in [0.05, 0.1) is 23.5 Å². The second-order valence-corrected chi connectivity index (χ2v) is 6.74. The fraction of sp³-hybridized carbons (Fsp3) is 0.562. The van der Waals surface area contributed by atoms with E-state index in [9.17, 15) is 5.11 Å². The normalized spacial score (nSPS) is 20.8. The van der Waals surface area contributed by atoms with Crippen molar-refractivity contribution in [3.05, 3.63) is 28.5 Å². The Morgan fingerprint density at radius 3 is 2.91 bits per heavy atom. The summed E-state index contributed by atoms with van der Waals surface area (Å²) in [7, 11) is 0. The van der Waals surface area contributed by atoms with Crippen molar-refractivity contribution in [2.24, 2.45) is 0 Å². The molecule has 130 valence electrons. The van der Waals surface area contributed by atoms with Gasteiger partial charge in [0.2, 0.25) is 0 Å². The number of hydrogen-bond acceptors (Lipinski definition) is 3. The molecule has 0 radical (unpaired) electrons. The van der Waals surface area contributed by atoms with E-state index in [4.69, 9.17) is 0 Å². The zero-order valence-corrected chi connectivity index (χ0v) is 16.4. The first-order valence-electron chi connectivity index (χ1n) is 7.68. The molecule has 0 unspecified atom stereocenters. The Balaban J connectivity index is 0.00000132. The molecule has 2 heterocycles. The summed E-state index contributed by atoms with van der Waals surface area (Å²) in [5, 5.41) is 13.4. The number of benzene rings is 1. The van der Waals surface area contributed by atoms with E-state index in [0.29, 0.717) is 0 Å². The maximum absolute atomic E-state index is 9.98. The minimum absolute atomic E-state index is 0. The quantitative estimate of drug-likeness (QED) is 0.783. The van der Waals surface area contributed by atoms with E-state index in [1.54, 1.807) is 0 Å². The van der Waals surface area contributed by atoms with E-state index < -0.39 is 0 Å². The number of aromatic nitrogens is 2. The summed E-state index contributed by atoms with van der Waals surface area (Å²) in [5.74, 6) is 0. The minimum Gasteiger partial charge on any atom is -0.392 e. The fourth-order valence-electron chi connectivity index (χ4n) is 3.14. The predicted octanol–water partition coefficient (Wildman–Crippen LogP) is 3.84. The number of nitrogens with zero attached hydrogens (tertiary/aromatic N) is 2. The third-order valence-electron chi connectivity index (χ3n) is 4.44. The molecule has 0 amide bonds. The van der Waals surface area contributed by atoms with Crippen LogP contribution in [0.5, 0.6) is 0 Å². The number of hydrogen-bond donors (Lipinski definition) is 2. The van der Waals surface area contributed by atoms with Crippen LogP contribution in [-0.4, -0.2) is 33.3 Å². The Morgan fingerprint density at radius 2 is 2.17 bits per heavy atom. The highest BCUT2D eigenvalue weighted by atomic mass is 79.9. The van der Waals surface area contributed by atoms with Crippen LogP contribution in [-0.2, 0) is 6.54 Å². The van der Waals surface area contributed by atoms with E-state index in [0.717, 1.165) is 48.8 Å². The van der Waals surface area contributed by atoms with Crippen molar-refractivity contribution in [3.63, 3.8) is 0 Å². The lowest BCUT2D eigenvalue weighted by atomic mass is 9.97. The average Bonchev–Trinajstić information content (AvgIpc) is 2.89. The molecule has 7 heteroatoms. The molecular weight excluding hydrogens is 401 g/mol. The lowest BCUT2D eigenvalue weighted by molar-refractivity contribution is 0.0909. The predicted molar refractivity (Wildman–Crippen MR) is 103 cm³/mol. The maximum Gasteiger partial charge on any atom is 0.0958 e. The number of aliphatic hydroxyl groups excluding tert-OH is 1. The molecule has 1 aromatic heterocycles. The van der Waals surface area contributed by atoms with Crippen LogP contribution in [0, 0.1) is 6.92 Å². The van der Waals surface area contributed by atoms with Crippen LogP contribution in [0.15, 0.2) is 22.9 Å². The highest BCUT2D eigenvalue weighted by Crippen LogP contribution is 2.25. The molecule has 4 nitrogen and oxygen atoms in total. The molecule has 2 aromatic rings. The molecule has 1 aliphatic heterocycles. The largest absolute Gasteiger partial charge is 0.392 e. The molecule has 0 spiro atoms. The van der Waals surface area contributed by atoms with Gasteiger partial charge in [-0.05, 0) is 56.8 Å². The van der Waals surface area contributed by atoms with Gasteiger partial charge in [0.1, 0.15) is 0 Å². The Labute approximate surface area is 158 Å². The van der Waals surface area contributed by atoms with Gasteiger partial charge in [-0.1, -0.05) is 15.9 Å². The smallest absolute Gasteiger partial charge is 0.0958 e. The van der Waals surface area contributed by atoms with Crippen molar-refractivity contribution in [1.82, 2.24) is 14.9 Å². The number of aryl methyl sites for hydroxylation is 2. The zero-order valence-electron chi connectivity index (χ0n) is 13.2. The van der Waals surface area contributed by atoms with Gasteiger partial charge < -0.3 is 15.0 Å². The van der Waals surface area contributed by atoms with Gasteiger partial charge >= 0.3 is 0 Å². The van der Waals surface area contributed by atoms with Gasteiger partial charge in [-0.3, -0.25) is 0 Å². The Kier molecular flexibility index (Phi) is 8.31. The molecule has 1 fully saturated rings. The second kappa shape index (κ2) is 9.23. The molecule has 1 saturated heterocycles. The van der Waals surface area contributed by atoms with Crippen molar-refractivity contribution in [2.75, 3.05) is 6.54 Å². The highest BCUT2D eigenvalue weighted by Gasteiger charge is 2.21. The molecule has 0 saturated carbocycles. The topological polar surface area (TPSA) is 50.1 Å². The molecule has 0 aliphatic carbocycles. The number of fused-ring (bicyclic) bond motifs is 1. The van der Waals surface area contributed by atoms with Crippen LogP contribution >= 0.6 is 40.7 Å². The minimum atomic E-state index is -0.184. The van der Waals surface area contributed by atoms with Gasteiger partial charge in [-0.2, -0.15) is 0 Å². The molecule has 1 aliphatic rings. The van der Waals surface area contributed by atoms with Crippen molar-refractivity contribution in [3.8, 4) is 0 Å². The monoisotopic (exact) mass is 423 g/mol. The Bertz CT molecular complexity index is 635. The first kappa shape index (κ1) is 20.7. The van der Waals surface area contributed by atoms with Crippen LogP contribution in [0.2, 0.25) is 0 Å². The first-order valence-corrected chi connectivity index (χ1v) is 8.47. The summed E-state index contributed by atoms with van der Waals surface area (Å²) in [5.41, 5.74) is 3.45. The second-order valence-electron chi connectivity index (χ2n) is 5.89. The lowest BCUT2D eigenvalue weighted by Crippen LogP contribution is -2.44. The maximum atomic E-state index is 9.98. The summed E-state index contributed by atoms with van der Waals surface area (Å²) >= 11 is 3.55. The first-order chi connectivity index (χ1) is 10.2. The molecule has 23 heavy (non-hydrogen) atoms. The van der Waals surface area contributed by atoms with Crippen LogP contribution in [0.3, 0.4) is 0 Å². The summed E-state index contributed by atoms with van der Waals surface area (Å²) in [4.78, 5) is 4.53. The average molecular weight is 425 g/mol. The highest BCUT2D eigenvalue weighted by molar-refractivity contribution is 9.10. The Morgan fingerprint density at radius 1 is 1.39 bits per heavy atom. The molecular formula is C16H24BrCl2N3O. The number of halogens is 3. The number of piperidine rings is 1. The van der Waals surface area contributed by atoms with Gasteiger partial charge in [0.25, 0.3) is 0 Å². The van der Waals surface area contributed by atoms with Gasteiger partial charge in [0.15, 0.2) is 0 Å². The van der Waals surface area contributed by atoms with E-state index in [1.165, 1.54) is 11.1 Å². The van der Waals surface area contributed by atoms with E-state index >= 15 is 0 Å². The van der Waals surface area contributed by atoms with Crippen molar-refractivity contribution in [1.29, 1.82) is 0 Å². The van der Waals surface area contributed by atoms with Crippen LogP contribution in [0.1, 0.15) is 31.2 Å². The lowest BCUT2D eigenvalue weighted by Gasteiger charge is -2.29. The summed E-state index contributed by atoms with van der Waals surface area (Å²) < 4.78 is 3.32. The summed E-state index contributed by atoms with van der Waals surface area (Å²) in [6.07, 6.45) is 5.81. The van der Waals surface area contributed by atoms with Crippen LogP contribution in [0.4, 0.5) is 0 Å². The van der Waals surface area contributed by atoms with Gasteiger partial charge in [-0.15, -0.1) is 24.8 Å². The standard InChI is InChI=1S/C16H22BrN3O.2ClH/c1-11-12(17)6-7-14-16(11)19-10-20(14)9-3-4-13-15(21)5-2-8-18-13;;/h6-7,10,13,15,18,21H,2-5,8-9H2,1H3;2*1H/t13-,15+;;/m1../s1. The molecule has 1 aromatic carbocycles. The van der Waals surface area contributed by atoms with Crippen molar-refractivity contribution in [2.45, 2.75) is 51.3 Å². The molecule has 3 rings (SSSR count).